The van der Waals surface area contributed by atoms with Gasteiger partial charge in [-0.3, -0.25) is 0 Å². The highest BCUT2D eigenvalue weighted by molar-refractivity contribution is 6.09. The topological polar surface area (TPSA) is 138 Å². The number of esters is 1. The fraction of sp³-hybridized carbons (Fsp3) is 0.0588. The molecule has 0 spiro atoms. The third-order valence-corrected chi connectivity index (χ3v) is 3.28. The molecule has 0 aliphatic carbocycles. The maximum absolute atomic E-state index is 12.2. The number of benzene rings is 2. The molecule has 2 aromatic carbocycles. The van der Waals surface area contributed by atoms with Gasteiger partial charge in [0.1, 0.15) is 6.61 Å². The summed E-state index contributed by atoms with van der Waals surface area (Å²) >= 11 is 0. The van der Waals surface area contributed by atoms with Crippen molar-refractivity contribution in [2.24, 2.45) is 0 Å². The lowest BCUT2D eigenvalue weighted by molar-refractivity contribution is 0.0462. The Kier molecular flexibility index (Phi) is 5.13. The predicted octanol–water partition coefficient (Wildman–Crippen LogP) is 2.14. The first-order valence-electron chi connectivity index (χ1n) is 6.90. The summed E-state index contributed by atoms with van der Waals surface area (Å²) in [7, 11) is 0. The van der Waals surface area contributed by atoms with Crippen LogP contribution in [-0.2, 0) is 11.3 Å². The minimum absolute atomic E-state index is 0.151. The zero-order valence-electron chi connectivity index (χ0n) is 12.6. The summed E-state index contributed by atoms with van der Waals surface area (Å²) in [5.74, 6) is -5.87. The molecular weight excluding hydrogens is 332 g/mol. The number of aromatic carboxylic acids is 3. The molecule has 0 unspecified atom stereocenters. The van der Waals surface area contributed by atoms with Crippen LogP contribution < -0.4 is 0 Å². The van der Waals surface area contributed by atoms with E-state index in [1.54, 1.807) is 30.3 Å². The molecule has 0 saturated heterocycles. The zero-order valence-corrected chi connectivity index (χ0v) is 12.6. The largest absolute Gasteiger partial charge is 0.478 e. The van der Waals surface area contributed by atoms with Crippen LogP contribution in [0, 0.1) is 0 Å². The van der Waals surface area contributed by atoms with E-state index in [-0.39, 0.29) is 6.61 Å². The molecule has 0 radical (unpaired) electrons. The molecule has 0 aliphatic rings. The number of carboxylic acids is 3. The van der Waals surface area contributed by atoms with Gasteiger partial charge in [0.15, 0.2) is 0 Å². The third-order valence-electron chi connectivity index (χ3n) is 3.28. The van der Waals surface area contributed by atoms with Gasteiger partial charge in [-0.25, -0.2) is 19.2 Å². The summed E-state index contributed by atoms with van der Waals surface area (Å²) in [5, 5.41) is 27.3. The second kappa shape index (κ2) is 7.26. The zero-order chi connectivity index (χ0) is 18.6. The Hall–Kier alpha value is -3.68. The standard InChI is InChI=1S/C17H12O8/c18-14(19)10-6-12(16(22)23)13(7-11(10)15(20)21)17(24)25-8-9-4-2-1-3-5-9/h1-7H,8H2,(H,18,19)(H,20,21)(H,22,23). The lowest BCUT2D eigenvalue weighted by Crippen LogP contribution is -2.17. The van der Waals surface area contributed by atoms with E-state index in [1.165, 1.54) is 0 Å². The molecule has 0 atom stereocenters. The van der Waals surface area contributed by atoms with Crippen molar-refractivity contribution in [3.05, 3.63) is 70.3 Å². The first-order chi connectivity index (χ1) is 11.8. The first-order valence-corrected chi connectivity index (χ1v) is 6.90. The van der Waals surface area contributed by atoms with Gasteiger partial charge in [0.2, 0.25) is 0 Å². The summed E-state index contributed by atoms with van der Waals surface area (Å²) in [6.45, 7) is -0.151. The van der Waals surface area contributed by atoms with E-state index in [0.29, 0.717) is 17.7 Å². The lowest BCUT2D eigenvalue weighted by atomic mass is 9.98. The highest BCUT2D eigenvalue weighted by atomic mass is 16.5. The molecule has 3 N–H and O–H groups in total. The molecule has 2 aromatic rings. The first kappa shape index (κ1) is 17.7. The van der Waals surface area contributed by atoms with Gasteiger partial charge in [0.05, 0.1) is 22.3 Å². The fourth-order valence-electron chi connectivity index (χ4n) is 2.10. The molecule has 0 aliphatic heterocycles. The number of rotatable bonds is 6. The fourth-order valence-corrected chi connectivity index (χ4v) is 2.10. The quantitative estimate of drug-likeness (QED) is 0.677. The van der Waals surface area contributed by atoms with Gasteiger partial charge in [-0.05, 0) is 17.7 Å². The molecule has 25 heavy (non-hydrogen) atoms. The Bertz CT molecular complexity index is 854. The molecule has 8 heteroatoms. The summed E-state index contributed by atoms with van der Waals surface area (Å²) < 4.78 is 5.00. The Morgan fingerprint density at radius 3 is 1.64 bits per heavy atom. The molecule has 2 rings (SSSR count). The van der Waals surface area contributed by atoms with E-state index >= 15 is 0 Å². The van der Waals surface area contributed by atoms with E-state index in [4.69, 9.17) is 14.9 Å². The SMILES string of the molecule is O=C(O)c1cc(C(=O)O)c(C(=O)OCc2ccccc2)cc1C(=O)O. The van der Waals surface area contributed by atoms with E-state index in [9.17, 15) is 24.3 Å². The monoisotopic (exact) mass is 344 g/mol. The van der Waals surface area contributed by atoms with E-state index in [1.807, 2.05) is 0 Å². The number of carboxylic acid groups (broad SMARTS) is 3. The van der Waals surface area contributed by atoms with Gasteiger partial charge in [0, 0.05) is 0 Å². The number of hydrogen-bond donors (Lipinski definition) is 3. The van der Waals surface area contributed by atoms with Gasteiger partial charge >= 0.3 is 23.9 Å². The van der Waals surface area contributed by atoms with Crippen LogP contribution in [0.1, 0.15) is 47.0 Å². The molecule has 0 bridgehead atoms. The van der Waals surface area contributed by atoms with E-state index < -0.39 is 46.1 Å². The lowest BCUT2D eigenvalue weighted by Gasteiger charge is -2.10. The van der Waals surface area contributed by atoms with Crippen molar-refractivity contribution < 1.29 is 39.2 Å². The van der Waals surface area contributed by atoms with Crippen LogP contribution in [0.15, 0.2) is 42.5 Å². The van der Waals surface area contributed by atoms with Crippen molar-refractivity contribution in [1.29, 1.82) is 0 Å². The van der Waals surface area contributed by atoms with Gasteiger partial charge in [-0.2, -0.15) is 0 Å². The van der Waals surface area contributed by atoms with Crippen molar-refractivity contribution in [1.82, 2.24) is 0 Å². The van der Waals surface area contributed by atoms with Crippen molar-refractivity contribution in [3.8, 4) is 0 Å². The molecule has 0 aromatic heterocycles. The molecule has 0 heterocycles. The second-order valence-corrected chi connectivity index (χ2v) is 4.92. The number of ether oxygens (including phenoxy) is 1. The smallest absolute Gasteiger partial charge is 0.339 e. The highest BCUT2D eigenvalue weighted by Gasteiger charge is 2.26. The van der Waals surface area contributed by atoms with Crippen LogP contribution in [0.3, 0.4) is 0 Å². The number of hydrogen-bond acceptors (Lipinski definition) is 5. The van der Waals surface area contributed by atoms with Gasteiger partial charge < -0.3 is 20.1 Å². The van der Waals surface area contributed by atoms with Crippen LogP contribution in [0.5, 0.6) is 0 Å². The van der Waals surface area contributed by atoms with Crippen LogP contribution >= 0.6 is 0 Å². The van der Waals surface area contributed by atoms with E-state index in [2.05, 4.69) is 0 Å². The molecule has 0 fully saturated rings. The van der Waals surface area contributed by atoms with Crippen LogP contribution in [0.4, 0.5) is 0 Å². The summed E-state index contributed by atoms with van der Waals surface area (Å²) in [6.07, 6.45) is 0. The van der Waals surface area contributed by atoms with Gasteiger partial charge in [0.25, 0.3) is 0 Å². The molecule has 0 amide bonds. The molecule has 128 valence electrons. The highest BCUT2D eigenvalue weighted by Crippen LogP contribution is 2.20. The average Bonchev–Trinajstić information content (AvgIpc) is 2.59. The predicted molar refractivity (Wildman–Crippen MR) is 82.9 cm³/mol. The molecule has 8 nitrogen and oxygen atoms in total. The second-order valence-electron chi connectivity index (χ2n) is 4.92. The number of carbonyl (C=O) groups is 4. The maximum Gasteiger partial charge on any atom is 0.339 e. The summed E-state index contributed by atoms with van der Waals surface area (Å²) in [4.78, 5) is 45.8. The minimum atomic E-state index is -1.62. The van der Waals surface area contributed by atoms with Crippen molar-refractivity contribution in [3.63, 3.8) is 0 Å². The van der Waals surface area contributed by atoms with Crippen molar-refractivity contribution in [2.45, 2.75) is 6.61 Å². The van der Waals surface area contributed by atoms with Crippen LogP contribution in [-0.4, -0.2) is 39.2 Å². The Morgan fingerprint density at radius 2 is 1.16 bits per heavy atom. The Labute approximate surface area is 140 Å². The summed E-state index contributed by atoms with van der Waals surface area (Å²) in [5.41, 5.74) is -1.98. The average molecular weight is 344 g/mol. The minimum Gasteiger partial charge on any atom is -0.478 e. The van der Waals surface area contributed by atoms with E-state index in [0.717, 1.165) is 0 Å². The summed E-state index contributed by atoms with van der Waals surface area (Å²) in [6, 6.07) is 9.89. The van der Waals surface area contributed by atoms with Gasteiger partial charge in [-0.1, -0.05) is 30.3 Å². The van der Waals surface area contributed by atoms with Crippen LogP contribution in [0.2, 0.25) is 0 Å². The normalized spacial score (nSPS) is 10.1. The third kappa shape index (κ3) is 3.99. The number of carbonyl (C=O) groups excluding carboxylic acids is 1. The molecule has 0 saturated carbocycles. The van der Waals surface area contributed by atoms with Gasteiger partial charge in [-0.15, -0.1) is 0 Å². The maximum atomic E-state index is 12.2. The Morgan fingerprint density at radius 1 is 0.720 bits per heavy atom. The van der Waals surface area contributed by atoms with Crippen molar-refractivity contribution in [2.75, 3.05) is 0 Å². The molecular formula is C17H12O8. The van der Waals surface area contributed by atoms with Crippen molar-refractivity contribution >= 4 is 23.9 Å². The van der Waals surface area contributed by atoms with Crippen LogP contribution in [0.25, 0.3) is 0 Å². The Balaban J connectivity index is 2.42.